The van der Waals surface area contributed by atoms with Gasteiger partial charge in [0.05, 0.1) is 36.1 Å². The lowest BCUT2D eigenvalue weighted by molar-refractivity contribution is 0.0373. The number of ether oxygens (including phenoxy) is 3. The molecule has 5 amide bonds. The highest BCUT2D eigenvalue weighted by Gasteiger charge is 2.35. The highest BCUT2D eigenvalue weighted by atomic mass is 16.7. The molecule has 47 heavy (non-hydrogen) atoms. The second-order valence-electron chi connectivity index (χ2n) is 11.8. The minimum Gasteiger partial charge on any atom is -0.485 e. The molecule has 4 aromatic rings. The number of fused-ring (bicyclic) bond motifs is 3. The Morgan fingerprint density at radius 2 is 1.70 bits per heavy atom. The molecular formula is C35H37N5O7. The zero-order valence-electron chi connectivity index (χ0n) is 26.4. The van der Waals surface area contributed by atoms with E-state index in [1.807, 2.05) is 49.4 Å². The molecule has 0 bridgehead atoms. The Morgan fingerprint density at radius 1 is 0.957 bits per heavy atom. The van der Waals surface area contributed by atoms with Crippen molar-refractivity contribution >= 4 is 45.8 Å². The molecule has 2 aliphatic heterocycles. The van der Waals surface area contributed by atoms with Gasteiger partial charge < -0.3 is 45.1 Å². The minimum atomic E-state index is -0.585. The van der Waals surface area contributed by atoms with Crippen LogP contribution in [0.3, 0.4) is 0 Å². The van der Waals surface area contributed by atoms with Crippen LogP contribution in [-0.4, -0.2) is 78.6 Å². The van der Waals surface area contributed by atoms with Gasteiger partial charge in [-0.15, -0.1) is 0 Å². The molecule has 0 aliphatic carbocycles. The van der Waals surface area contributed by atoms with Crippen molar-refractivity contribution in [1.82, 2.24) is 9.80 Å². The van der Waals surface area contributed by atoms with Crippen molar-refractivity contribution in [3.05, 3.63) is 84.4 Å². The molecule has 0 spiro atoms. The average Bonchev–Trinajstić information content (AvgIpc) is 3.54. The molecular weight excluding hydrogens is 602 g/mol. The molecule has 4 aromatic carbocycles. The molecule has 6 rings (SSSR count). The van der Waals surface area contributed by atoms with E-state index in [-0.39, 0.29) is 61.3 Å². The van der Waals surface area contributed by atoms with E-state index >= 15 is 0 Å². The van der Waals surface area contributed by atoms with E-state index in [1.54, 1.807) is 55.3 Å². The number of aliphatic hydroxyl groups is 1. The SMILES string of the molecule is C[C@H]1CN([C@@H](C)CO)C(=O)c2cccc(NC(=O)Nc3ccc4c(c3)OCO4)c2O[C@@H]1CN(C)C(=O)Nc1cccc2ccccc12. The zero-order valence-corrected chi connectivity index (χ0v) is 26.4. The Bertz CT molecular complexity index is 1810. The maximum atomic E-state index is 13.8. The first-order chi connectivity index (χ1) is 22.7. The number of amides is 5. The van der Waals surface area contributed by atoms with E-state index in [0.717, 1.165) is 10.8 Å². The monoisotopic (exact) mass is 639 g/mol. The third kappa shape index (κ3) is 6.73. The van der Waals surface area contributed by atoms with E-state index in [2.05, 4.69) is 16.0 Å². The van der Waals surface area contributed by atoms with Gasteiger partial charge in [0.2, 0.25) is 6.79 Å². The van der Waals surface area contributed by atoms with Crippen molar-refractivity contribution in [3.63, 3.8) is 0 Å². The molecule has 244 valence electrons. The predicted molar refractivity (Wildman–Crippen MR) is 178 cm³/mol. The summed E-state index contributed by atoms with van der Waals surface area (Å²) in [6, 6.07) is 22.1. The van der Waals surface area contributed by atoms with Crippen LogP contribution in [0, 0.1) is 5.92 Å². The Kier molecular flexibility index (Phi) is 9.03. The first-order valence-electron chi connectivity index (χ1n) is 15.4. The lowest BCUT2D eigenvalue weighted by Crippen LogP contribution is -2.50. The first-order valence-corrected chi connectivity index (χ1v) is 15.4. The largest absolute Gasteiger partial charge is 0.485 e. The summed E-state index contributed by atoms with van der Waals surface area (Å²) < 4.78 is 17.3. The smallest absolute Gasteiger partial charge is 0.323 e. The number of urea groups is 2. The molecule has 2 aliphatic rings. The fourth-order valence-corrected chi connectivity index (χ4v) is 5.72. The van der Waals surface area contributed by atoms with E-state index < -0.39 is 18.2 Å². The van der Waals surface area contributed by atoms with Gasteiger partial charge in [0, 0.05) is 36.7 Å². The Morgan fingerprint density at radius 3 is 2.53 bits per heavy atom. The lowest BCUT2D eigenvalue weighted by Gasteiger charge is -2.38. The van der Waals surface area contributed by atoms with Crippen molar-refractivity contribution in [3.8, 4) is 17.2 Å². The number of benzene rings is 4. The van der Waals surface area contributed by atoms with Gasteiger partial charge in [0.15, 0.2) is 17.2 Å². The summed E-state index contributed by atoms with van der Waals surface area (Å²) in [5.74, 6) is 0.682. The molecule has 4 N–H and O–H groups in total. The number of nitrogens with zero attached hydrogens (tertiary/aromatic N) is 2. The van der Waals surface area contributed by atoms with Crippen molar-refractivity contribution in [2.45, 2.75) is 26.0 Å². The van der Waals surface area contributed by atoms with Crippen LogP contribution in [0.15, 0.2) is 78.9 Å². The molecule has 0 radical (unpaired) electrons. The number of likely N-dealkylation sites (N-methyl/N-ethyl adjacent to an activating group) is 1. The first kappa shape index (κ1) is 31.5. The average molecular weight is 640 g/mol. The van der Waals surface area contributed by atoms with Gasteiger partial charge in [-0.3, -0.25) is 4.79 Å². The topological polar surface area (TPSA) is 142 Å². The molecule has 12 heteroatoms. The second-order valence-corrected chi connectivity index (χ2v) is 11.8. The Hall–Kier alpha value is -5.49. The molecule has 0 saturated carbocycles. The number of hydrogen-bond acceptors (Lipinski definition) is 7. The molecule has 2 heterocycles. The molecule has 0 aromatic heterocycles. The number of aliphatic hydroxyl groups excluding tert-OH is 1. The fourth-order valence-electron chi connectivity index (χ4n) is 5.72. The summed E-state index contributed by atoms with van der Waals surface area (Å²) >= 11 is 0. The van der Waals surface area contributed by atoms with Gasteiger partial charge >= 0.3 is 12.1 Å². The molecule has 3 atom stereocenters. The van der Waals surface area contributed by atoms with E-state index in [9.17, 15) is 19.5 Å². The van der Waals surface area contributed by atoms with Gasteiger partial charge in [-0.2, -0.15) is 0 Å². The number of carbonyl (C=O) groups excluding carboxylic acids is 3. The third-order valence-electron chi connectivity index (χ3n) is 8.40. The number of carbonyl (C=O) groups is 3. The summed E-state index contributed by atoms with van der Waals surface area (Å²) in [6.07, 6.45) is -0.585. The van der Waals surface area contributed by atoms with Crippen molar-refractivity contribution in [1.29, 1.82) is 0 Å². The molecule has 0 unspecified atom stereocenters. The van der Waals surface area contributed by atoms with Gasteiger partial charge in [-0.05, 0) is 42.6 Å². The number of nitrogens with one attached hydrogen (secondary N) is 3. The van der Waals surface area contributed by atoms with Crippen LogP contribution in [0.2, 0.25) is 0 Å². The Labute approximate surface area is 272 Å². The van der Waals surface area contributed by atoms with Crippen LogP contribution in [-0.2, 0) is 0 Å². The Balaban J connectivity index is 1.25. The fraction of sp³-hybridized carbons (Fsp3) is 0.286. The summed E-state index contributed by atoms with van der Waals surface area (Å²) in [6.45, 7) is 4.03. The van der Waals surface area contributed by atoms with Crippen molar-refractivity contribution in [2.24, 2.45) is 5.92 Å². The summed E-state index contributed by atoms with van der Waals surface area (Å²) in [5, 5.41) is 20.5. The summed E-state index contributed by atoms with van der Waals surface area (Å²) in [7, 11) is 1.68. The maximum Gasteiger partial charge on any atom is 0.323 e. The molecule has 0 saturated heterocycles. The van der Waals surface area contributed by atoms with E-state index in [0.29, 0.717) is 22.9 Å². The highest BCUT2D eigenvalue weighted by molar-refractivity contribution is 6.05. The zero-order chi connectivity index (χ0) is 33.1. The van der Waals surface area contributed by atoms with Gasteiger partial charge in [-0.25, -0.2) is 9.59 Å². The summed E-state index contributed by atoms with van der Waals surface area (Å²) in [4.78, 5) is 43.6. The third-order valence-corrected chi connectivity index (χ3v) is 8.40. The van der Waals surface area contributed by atoms with Crippen LogP contribution in [0.5, 0.6) is 17.2 Å². The normalized spacial score (nSPS) is 17.5. The standard InChI is InChI=1S/C35H37N5O7/c1-21-17-40(22(2)19-41)33(42)26-11-7-13-28(37-34(43)36-24-14-15-29-30(16-24)46-20-45-29)32(26)47-31(21)18-39(3)35(44)38-27-12-6-9-23-8-4-5-10-25(23)27/h4-16,21-22,31,41H,17-20H2,1-3H3,(H,38,44)(H2,36,37,43)/t21-,22-,31+/m0/s1. The van der Waals surface area contributed by atoms with Gasteiger partial charge in [0.25, 0.3) is 5.91 Å². The minimum absolute atomic E-state index is 0.109. The number of rotatable bonds is 7. The van der Waals surface area contributed by atoms with Crippen LogP contribution < -0.4 is 30.2 Å². The molecule has 0 fully saturated rings. The van der Waals surface area contributed by atoms with Crippen LogP contribution in [0.25, 0.3) is 10.8 Å². The van der Waals surface area contributed by atoms with Crippen LogP contribution in [0.4, 0.5) is 26.7 Å². The quantitative estimate of drug-likeness (QED) is 0.206. The number of para-hydroxylation sites is 1. The van der Waals surface area contributed by atoms with Crippen LogP contribution >= 0.6 is 0 Å². The van der Waals surface area contributed by atoms with Crippen molar-refractivity contribution < 1.29 is 33.7 Å². The second kappa shape index (κ2) is 13.5. The van der Waals surface area contributed by atoms with Gasteiger partial charge in [0.1, 0.15) is 6.10 Å². The van der Waals surface area contributed by atoms with E-state index in [1.165, 1.54) is 4.90 Å². The number of anilines is 3. The van der Waals surface area contributed by atoms with Gasteiger partial charge in [-0.1, -0.05) is 49.4 Å². The van der Waals surface area contributed by atoms with Crippen molar-refractivity contribution in [2.75, 3.05) is 49.5 Å². The van der Waals surface area contributed by atoms with Crippen LogP contribution in [0.1, 0.15) is 24.2 Å². The van der Waals surface area contributed by atoms with E-state index in [4.69, 9.17) is 14.2 Å². The summed E-state index contributed by atoms with van der Waals surface area (Å²) in [5.41, 5.74) is 1.67. The lowest BCUT2D eigenvalue weighted by atomic mass is 9.99. The maximum absolute atomic E-state index is 13.8. The highest BCUT2D eigenvalue weighted by Crippen LogP contribution is 2.36. The number of hydrogen-bond donors (Lipinski definition) is 4. The predicted octanol–water partition coefficient (Wildman–Crippen LogP) is 5.60. The molecule has 12 nitrogen and oxygen atoms in total.